The second-order valence-corrected chi connectivity index (χ2v) is 6.22. The van der Waals surface area contributed by atoms with Gasteiger partial charge in [0.25, 0.3) is 11.1 Å². The third kappa shape index (κ3) is 3.45. The van der Waals surface area contributed by atoms with E-state index in [9.17, 15) is 14.7 Å². The van der Waals surface area contributed by atoms with E-state index in [1.807, 2.05) is 0 Å². The van der Waals surface area contributed by atoms with E-state index < -0.39 is 0 Å². The number of thioether (sulfide) groups is 1. The molecule has 0 unspecified atom stereocenters. The number of phenols is 1. The average Bonchev–Trinajstić information content (AvgIpc) is 2.74. The molecule has 1 saturated heterocycles. The molecule has 0 spiro atoms. The van der Waals surface area contributed by atoms with E-state index in [0.29, 0.717) is 21.5 Å². The van der Waals surface area contributed by atoms with Crippen LogP contribution in [0.2, 0.25) is 0 Å². The van der Waals surface area contributed by atoms with Gasteiger partial charge in [-0.15, -0.1) is 0 Å². The molecule has 0 saturated carbocycles. The van der Waals surface area contributed by atoms with Crippen LogP contribution < -0.4 is 4.74 Å². The maximum Gasteiger partial charge on any atom is 0.293 e. The lowest BCUT2D eigenvalue weighted by atomic mass is 10.2. The fourth-order valence-corrected chi connectivity index (χ4v) is 3.15. The number of carbonyl (C=O) groups excluding carboxylic acids is 2. The van der Waals surface area contributed by atoms with E-state index >= 15 is 0 Å². The highest BCUT2D eigenvalue weighted by Crippen LogP contribution is 2.37. The van der Waals surface area contributed by atoms with Gasteiger partial charge in [-0.2, -0.15) is 0 Å². The van der Waals surface area contributed by atoms with Crippen molar-refractivity contribution in [3.63, 3.8) is 0 Å². The molecule has 6 nitrogen and oxygen atoms in total. The summed E-state index contributed by atoms with van der Waals surface area (Å²) < 4.78 is 10.5. The molecule has 22 heavy (non-hydrogen) atoms. The predicted molar refractivity (Wildman–Crippen MR) is 86.9 cm³/mol. The highest BCUT2D eigenvalue weighted by Gasteiger charge is 2.34. The lowest BCUT2D eigenvalue weighted by Crippen LogP contribution is -2.31. The zero-order chi connectivity index (χ0) is 16.3. The monoisotopic (exact) mass is 387 g/mol. The van der Waals surface area contributed by atoms with Gasteiger partial charge in [0, 0.05) is 11.6 Å². The number of hydrogen-bond acceptors (Lipinski definition) is 6. The fourth-order valence-electron chi connectivity index (χ4n) is 1.85. The number of halogens is 1. The Morgan fingerprint density at radius 2 is 2.09 bits per heavy atom. The van der Waals surface area contributed by atoms with Crippen LogP contribution in [0.5, 0.6) is 11.5 Å². The second kappa shape index (κ2) is 7.17. The summed E-state index contributed by atoms with van der Waals surface area (Å²) in [5.74, 6) is -0.0845. The summed E-state index contributed by atoms with van der Waals surface area (Å²) in [5, 5.41) is 9.36. The molecule has 0 atom stereocenters. The average molecular weight is 388 g/mol. The van der Waals surface area contributed by atoms with Crippen molar-refractivity contribution in [3.05, 3.63) is 27.1 Å². The molecule has 2 amide bonds. The van der Waals surface area contributed by atoms with Crippen LogP contribution in [-0.4, -0.2) is 48.5 Å². The first-order valence-corrected chi connectivity index (χ1v) is 7.89. The number of aromatic hydroxyl groups is 1. The fraction of sp³-hybridized carbons (Fsp3) is 0.286. The molecule has 1 N–H and O–H groups in total. The molecule has 0 aliphatic carbocycles. The third-order valence-electron chi connectivity index (χ3n) is 2.98. The smallest absolute Gasteiger partial charge is 0.293 e. The Balaban J connectivity index is 2.30. The molecule has 0 radical (unpaired) electrons. The summed E-state index contributed by atoms with van der Waals surface area (Å²) in [6.07, 6.45) is 1.59. The zero-order valence-corrected chi connectivity index (χ0v) is 14.4. The van der Waals surface area contributed by atoms with Crippen LogP contribution >= 0.6 is 27.7 Å². The number of hydrogen-bond donors (Lipinski definition) is 1. The Labute approximate surface area is 140 Å². The van der Waals surface area contributed by atoms with Crippen molar-refractivity contribution in [2.45, 2.75) is 0 Å². The summed E-state index contributed by atoms with van der Waals surface area (Å²) >= 11 is 4.18. The number of amides is 2. The molecule has 2 rings (SSSR count). The number of methoxy groups -OCH3 is 2. The van der Waals surface area contributed by atoms with E-state index in [2.05, 4.69) is 15.9 Å². The van der Waals surface area contributed by atoms with Gasteiger partial charge in [-0.1, -0.05) is 15.9 Å². The van der Waals surface area contributed by atoms with Gasteiger partial charge in [0.1, 0.15) is 0 Å². The number of benzene rings is 1. The standard InChI is InChI=1S/C14H14BrNO5S/c1-20-4-3-16-13(18)12(22-14(16)19)6-8-5-11(21-2)10(17)7-9(8)15/h5-7,17H,3-4H2,1-2H3. The summed E-state index contributed by atoms with van der Waals surface area (Å²) in [7, 11) is 2.94. The SMILES string of the molecule is COCCN1C(=O)SC(=Cc2cc(OC)c(O)cc2Br)C1=O. The summed E-state index contributed by atoms with van der Waals surface area (Å²) in [5.41, 5.74) is 0.631. The van der Waals surface area contributed by atoms with E-state index in [1.54, 1.807) is 12.1 Å². The minimum Gasteiger partial charge on any atom is -0.504 e. The number of carbonyl (C=O) groups is 2. The van der Waals surface area contributed by atoms with Gasteiger partial charge in [-0.25, -0.2) is 0 Å². The Bertz CT molecular complexity index is 646. The van der Waals surface area contributed by atoms with E-state index in [4.69, 9.17) is 9.47 Å². The summed E-state index contributed by atoms with van der Waals surface area (Å²) in [6.45, 7) is 0.515. The molecule has 1 fully saturated rings. The van der Waals surface area contributed by atoms with Crippen molar-refractivity contribution in [3.8, 4) is 11.5 Å². The minimum atomic E-state index is -0.356. The molecule has 118 valence electrons. The van der Waals surface area contributed by atoms with Gasteiger partial charge in [0.15, 0.2) is 11.5 Å². The van der Waals surface area contributed by atoms with Crippen molar-refractivity contribution in [1.29, 1.82) is 0 Å². The molecular formula is C14H14BrNO5S. The van der Waals surface area contributed by atoms with Crippen molar-refractivity contribution < 1.29 is 24.2 Å². The van der Waals surface area contributed by atoms with Crippen LogP contribution in [0, 0.1) is 0 Å². The van der Waals surface area contributed by atoms with Gasteiger partial charge < -0.3 is 14.6 Å². The Morgan fingerprint density at radius 3 is 2.73 bits per heavy atom. The van der Waals surface area contributed by atoms with Crippen molar-refractivity contribution in [2.75, 3.05) is 27.4 Å². The van der Waals surface area contributed by atoms with Gasteiger partial charge in [-0.05, 0) is 35.5 Å². The Kier molecular flexibility index (Phi) is 5.49. The number of ether oxygens (including phenoxy) is 2. The maximum atomic E-state index is 12.2. The molecular weight excluding hydrogens is 374 g/mol. The number of rotatable bonds is 5. The van der Waals surface area contributed by atoms with Crippen LogP contribution in [0.1, 0.15) is 5.56 Å². The minimum absolute atomic E-state index is 0.0141. The molecule has 1 aliphatic rings. The molecule has 1 aromatic carbocycles. The van der Waals surface area contributed by atoms with Crippen LogP contribution in [0.3, 0.4) is 0 Å². The number of nitrogens with zero attached hydrogens (tertiary/aromatic N) is 1. The van der Waals surface area contributed by atoms with Crippen LogP contribution in [-0.2, 0) is 9.53 Å². The van der Waals surface area contributed by atoms with E-state index in [-0.39, 0.29) is 29.2 Å². The van der Waals surface area contributed by atoms with Crippen molar-refractivity contribution in [2.24, 2.45) is 0 Å². The first kappa shape index (κ1) is 16.9. The first-order valence-electron chi connectivity index (χ1n) is 6.28. The van der Waals surface area contributed by atoms with E-state index in [1.165, 1.54) is 20.3 Å². The molecule has 1 heterocycles. The van der Waals surface area contributed by atoms with Gasteiger partial charge in [0.2, 0.25) is 0 Å². The summed E-state index contributed by atoms with van der Waals surface area (Å²) in [4.78, 5) is 25.5. The second-order valence-electron chi connectivity index (χ2n) is 4.37. The maximum absolute atomic E-state index is 12.2. The zero-order valence-electron chi connectivity index (χ0n) is 12.0. The Hall–Kier alpha value is -1.51. The molecule has 1 aromatic rings. The Morgan fingerprint density at radius 1 is 1.36 bits per heavy atom. The predicted octanol–water partition coefficient (Wildman–Crippen LogP) is 2.85. The van der Waals surface area contributed by atoms with Gasteiger partial charge in [-0.3, -0.25) is 14.5 Å². The largest absolute Gasteiger partial charge is 0.504 e. The topological polar surface area (TPSA) is 76.1 Å². The number of imide groups is 1. The highest BCUT2D eigenvalue weighted by atomic mass is 79.9. The van der Waals surface area contributed by atoms with Crippen LogP contribution in [0.15, 0.2) is 21.5 Å². The molecule has 0 bridgehead atoms. The first-order chi connectivity index (χ1) is 10.5. The highest BCUT2D eigenvalue weighted by molar-refractivity contribution is 9.10. The summed E-state index contributed by atoms with van der Waals surface area (Å²) in [6, 6.07) is 3.06. The normalized spacial score (nSPS) is 16.7. The third-order valence-corrected chi connectivity index (χ3v) is 4.57. The van der Waals surface area contributed by atoms with Crippen molar-refractivity contribution >= 4 is 44.9 Å². The van der Waals surface area contributed by atoms with Crippen LogP contribution in [0.25, 0.3) is 6.08 Å². The quantitative estimate of drug-likeness (QED) is 0.782. The molecule has 8 heteroatoms. The van der Waals surface area contributed by atoms with Gasteiger partial charge in [0.05, 0.1) is 25.2 Å². The lowest BCUT2D eigenvalue weighted by molar-refractivity contribution is -0.123. The van der Waals surface area contributed by atoms with Crippen LogP contribution in [0.4, 0.5) is 4.79 Å². The molecule has 1 aliphatic heterocycles. The lowest BCUT2D eigenvalue weighted by Gasteiger charge is -2.11. The number of phenolic OH excluding ortho intramolecular Hbond substituents is 1. The molecule has 0 aromatic heterocycles. The van der Waals surface area contributed by atoms with Crippen molar-refractivity contribution in [1.82, 2.24) is 4.90 Å². The van der Waals surface area contributed by atoms with Gasteiger partial charge >= 0.3 is 0 Å². The van der Waals surface area contributed by atoms with E-state index in [0.717, 1.165) is 16.7 Å².